The summed E-state index contributed by atoms with van der Waals surface area (Å²) >= 11 is 0. The number of hydrogen-bond donors (Lipinski definition) is 1. The molecule has 2 aromatic rings. The van der Waals surface area contributed by atoms with Crippen LogP contribution in [-0.2, 0) is 19.4 Å². The minimum atomic E-state index is -0.630. The second-order valence-corrected chi connectivity index (χ2v) is 5.28. The summed E-state index contributed by atoms with van der Waals surface area (Å²) in [5.74, 6) is 0.717. The maximum atomic E-state index is 10.6. The molecule has 1 heterocycles. The summed E-state index contributed by atoms with van der Waals surface area (Å²) in [7, 11) is 1.63. The van der Waals surface area contributed by atoms with Crippen molar-refractivity contribution in [3.8, 4) is 5.75 Å². The van der Waals surface area contributed by atoms with Gasteiger partial charge in [-0.3, -0.25) is 4.68 Å². The van der Waals surface area contributed by atoms with Crippen LogP contribution in [0, 0.1) is 6.92 Å². The van der Waals surface area contributed by atoms with Gasteiger partial charge in [0.25, 0.3) is 0 Å². The molecule has 0 amide bonds. The van der Waals surface area contributed by atoms with Crippen LogP contribution in [0.2, 0.25) is 0 Å². The molecule has 0 aliphatic rings. The number of benzene rings is 1. The zero-order valence-electron chi connectivity index (χ0n) is 13.3. The normalized spacial score (nSPS) is 12.4. The fourth-order valence-corrected chi connectivity index (χ4v) is 2.51. The Hall–Kier alpha value is -1.81. The molecule has 4 heteroatoms. The number of aryl methyl sites for hydroxylation is 3. The average Bonchev–Trinajstić information content (AvgIpc) is 2.89. The number of ether oxygens (including phenoxy) is 1. The van der Waals surface area contributed by atoms with Crippen LogP contribution >= 0.6 is 0 Å². The maximum absolute atomic E-state index is 10.6. The molecule has 0 radical (unpaired) electrons. The quantitative estimate of drug-likeness (QED) is 0.888. The molecule has 1 aromatic carbocycles. The van der Waals surface area contributed by atoms with Gasteiger partial charge in [-0.2, -0.15) is 5.10 Å². The number of hydrogen-bond acceptors (Lipinski definition) is 3. The van der Waals surface area contributed by atoms with Crippen molar-refractivity contribution in [3.63, 3.8) is 0 Å². The van der Waals surface area contributed by atoms with Crippen molar-refractivity contribution < 1.29 is 9.84 Å². The molecule has 0 spiro atoms. The summed E-state index contributed by atoms with van der Waals surface area (Å²) in [6.45, 7) is 6.65. The molecule has 0 saturated heterocycles. The topological polar surface area (TPSA) is 47.3 Å². The lowest BCUT2D eigenvalue weighted by Gasteiger charge is -2.17. The van der Waals surface area contributed by atoms with E-state index >= 15 is 0 Å². The van der Waals surface area contributed by atoms with E-state index in [0.29, 0.717) is 12.3 Å². The number of rotatable bonds is 6. The second-order valence-electron chi connectivity index (χ2n) is 5.28. The number of aromatic nitrogens is 2. The Balaban J connectivity index is 2.27. The van der Waals surface area contributed by atoms with Crippen molar-refractivity contribution in [1.82, 2.24) is 9.78 Å². The van der Waals surface area contributed by atoms with Gasteiger partial charge < -0.3 is 9.84 Å². The van der Waals surface area contributed by atoms with E-state index in [1.165, 1.54) is 0 Å². The smallest absolute Gasteiger partial charge is 0.124 e. The first kappa shape index (κ1) is 15.6. The molecular weight excluding hydrogens is 264 g/mol. The van der Waals surface area contributed by atoms with E-state index < -0.39 is 6.10 Å². The molecule has 1 unspecified atom stereocenters. The van der Waals surface area contributed by atoms with Crippen molar-refractivity contribution in [2.24, 2.45) is 0 Å². The highest BCUT2D eigenvalue weighted by Gasteiger charge is 2.16. The van der Waals surface area contributed by atoms with Crippen LogP contribution in [0.3, 0.4) is 0 Å². The van der Waals surface area contributed by atoms with E-state index in [-0.39, 0.29) is 0 Å². The van der Waals surface area contributed by atoms with Gasteiger partial charge >= 0.3 is 0 Å². The van der Waals surface area contributed by atoms with Crippen LogP contribution in [-0.4, -0.2) is 22.0 Å². The predicted molar refractivity (Wildman–Crippen MR) is 83.7 cm³/mol. The first-order valence-corrected chi connectivity index (χ1v) is 7.47. The van der Waals surface area contributed by atoms with E-state index in [1.54, 1.807) is 7.11 Å². The summed E-state index contributed by atoms with van der Waals surface area (Å²) in [6, 6.07) is 7.96. The van der Waals surface area contributed by atoms with Crippen molar-refractivity contribution in [1.29, 1.82) is 0 Å². The summed E-state index contributed by atoms with van der Waals surface area (Å²) in [5.41, 5.74) is 4.14. The zero-order valence-corrected chi connectivity index (χ0v) is 13.3. The standard InChI is InChI=1S/C17H24N2O2/c1-5-13-10-14(6-2)19(18-13)11-16(20)15-9-12(3)7-8-17(15)21-4/h7-10,16,20H,5-6,11H2,1-4H3. The van der Waals surface area contributed by atoms with E-state index in [1.807, 2.05) is 29.8 Å². The fraction of sp³-hybridized carbons (Fsp3) is 0.471. The SMILES string of the molecule is CCc1cc(CC)n(CC(O)c2cc(C)ccc2OC)n1. The van der Waals surface area contributed by atoms with Crippen LogP contribution in [0.5, 0.6) is 5.75 Å². The van der Waals surface area contributed by atoms with Gasteiger partial charge in [0.05, 0.1) is 19.3 Å². The maximum Gasteiger partial charge on any atom is 0.124 e. The molecule has 0 aliphatic heterocycles. The van der Waals surface area contributed by atoms with Crippen molar-refractivity contribution in [2.75, 3.05) is 7.11 Å². The molecule has 21 heavy (non-hydrogen) atoms. The highest BCUT2D eigenvalue weighted by Crippen LogP contribution is 2.27. The van der Waals surface area contributed by atoms with Crippen LogP contribution in [0.25, 0.3) is 0 Å². The Bertz CT molecular complexity index is 605. The van der Waals surface area contributed by atoms with Gasteiger partial charge in [-0.1, -0.05) is 25.5 Å². The van der Waals surface area contributed by atoms with Crippen LogP contribution < -0.4 is 4.74 Å². The molecule has 1 atom stereocenters. The van der Waals surface area contributed by atoms with Gasteiger partial charge in [-0.05, 0) is 38.0 Å². The van der Waals surface area contributed by atoms with Crippen molar-refractivity contribution >= 4 is 0 Å². The number of aliphatic hydroxyl groups excluding tert-OH is 1. The summed E-state index contributed by atoms with van der Waals surface area (Å²) in [6.07, 6.45) is 1.18. The number of methoxy groups -OCH3 is 1. The Kier molecular flexibility index (Phi) is 5.02. The van der Waals surface area contributed by atoms with Gasteiger partial charge in [-0.25, -0.2) is 0 Å². The molecule has 0 fully saturated rings. The Labute approximate surface area is 126 Å². The van der Waals surface area contributed by atoms with Gasteiger partial charge in [0, 0.05) is 11.3 Å². The van der Waals surface area contributed by atoms with E-state index in [4.69, 9.17) is 4.74 Å². The number of nitrogens with zero attached hydrogens (tertiary/aromatic N) is 2. The summed E-state index contributed by atoms with van der Waals surface area (Å²) in [5, 5.41) is 15.1. The average molecular weight is 288 g/mol. The van der Waals surface area contributed by atoms with E-state index in [9.17, 15) is 5.11 Å². The monoisotopic (exact) mass is 288 g/mol. The molecule has 2 rings (SSSR count). The van der Waals surface area contributed by atoms with Crippen LogP contribution in [0.4, 0.5) is 0 Å². The Morgan fingerprint density at radius 1 is 1.24 bits per heavy atom. The molecular formula is C17H24N2O2. The van der Waals surface area contributed by atoms with Gasteiger partial charge in [-0.15, -0.1) is 0 Å². The molecule has 0 bridgehead atoms. The fourth-order valence-electron chi connectivity index (χ4n) is 2.51. The van der Waals surface area contributed by atoms with Crippen molar-refractivity contribution in [3.05, 3.63) is 46.8 Å². The second kappa shape index (κ2) is 6.76. The summed E-state index contributed by atoms with van der Waals surface area (Å²) < 4.78 is 7.26. The van der Waals surface area contributed by atoms with Crippen LogP contribution in [0.15, 0.2) is 24.3 Å². The lowest BCUT2D eigenvalue weighted by Crippen LogP contribution is -2.13. The third kappa shape index (κ3) is 3.45. The van der Waals surface area contributed by atoms with Crippen molar-refractivity contribution in [2.45, 2.75) is 46.3 Å². The predicted octanol–water partition coefficient (Wildman–Crippen LogP) is 3.06. The van der Waals surface area contributed by atoms with Crippen LogP contribution in [0.1, 0.15) is 42.5 Å². The van der Waals surface area contributed by atoms with E-state index in [0.717, 1.165) is 35.4 Å². The molecule has 1 aromatic heterocycles. The van der Waals surface area contributed by atoms with Gasteiger partial charge in [0.1, 0.15) is 11.9 Å². The Morgan fingerprint density at radius 3 is 2.62 bits per heavy atom. The third-order valence-corrected chi connectivity index (χ3v) is 3.73. The largest absolute Gasteiger partial charge is 0.496 e. The van der Waals surface area contributed by atoms with E-state index in [2.05, 4.69) is 25.0 Å². The first-order chi connectivity index (χ1) is 10.1. The van der Waals surface area contributed by atoms with Gasteiger partial charge in [0.15, 0.2) is 0 Å². The molecule has 114 valence electrons. The van der Waals surface area contributed by atoms with Gasteiger partial charge in [0.2, 0.25) is 0 Å². The third-order valence-electron chi connectivity index (χ3n) is 3.73. The molecule has 1 N–H and O–H groups in total. The summed E-state index contributed by atoms with van der Waals surface area (Å²) in [4.78, 5) is 0. The lowest BCUT2D eigenvalue weighted by atomic mass is 10.1. The lowest BCUT2D eigenvalue weighted by molar-refractivity contribution is 0.146. The molecule has 0 saturated carbocycles. The molecule has 4 nitrogen and oxygen atoms in total. The zero-order chi connectivity index (χ0) is 15.4. The number of aliphatic hydroxyl groups is 1. The minimum absolute atomic E-state index is 0.447. The minimum Gasteiger partial charge on any atom is -0.496 e. The highest BCUT2D eigenvalue weighted by atomic mass is 16.5. The molecule has 0 aliphatic carbocycles. The first-order valence-electron chi connectivity index (χ1n) is 7.47. The Morgan fingerprint density at radius 2 is 2.00 bits per heavy atom. The highest BCUT2D eigenvalue weighted by molar-refractivity contribution is 5.38.